The van der Waals surface area contributed by atoms with Crippen molar-refractivity contribution in [3.8, 4) is 0 Å². The SMILES string of the molecule is CC(C)(C)C1CCN(c2ncc(Br)cc2Cl)C1. The Bertz CT molecular complexity index is 414. The van der Waals surface area contributed by atoms with Crippen LogP contribution in [0.2, 0.25) is 5.02 Å². The quantitative estimate of drug-likeness (QED) is 0.764. The highest BCUT2D eigenvalue weighted by molar-refractivity contribution is 9.10. The Morgan fingerprint density at radius 2 is 2.18 bits per heavy atom. The van der Waals surface area contributed by atoms with Crippen molar-refractivity contribution in [1.29, 1.82) is 0 Å². The Labute approximate surface area is 116 Å². The zero-order chi connectivity index (χ0) is 12.6. The van der Waals surface area contributed by atoms with Gasteiger partial charge in [-0.3, -0.25) is 0 Å². The van der Waals surface area contributed by atoms with E-state index in [2.05, 4.69) is 46.6 Å². The number of halogens is 2. The van der Waals surface area contributed by atoms with Gasteiger partial charge < -0.3 is 4.90 Å². The summed E-state index contributed by atoms with van der Waals surface area (Å²) in [6.45, 7) is 9.02. The molecule has 1 aliphatic rings. The van der Waals surface area contributed by atoms with Gasteiger partial charge in [0.25, 0.3) is 0 Å². The van der Waals surface area contributed by atoms with Crippen LogP contribution < -0.4 is 4.90 Å². The molecular formula is C13H18BrClN2. The Hall–Kier alpha value is -0.280. The van der Waals surface area contributed by atoms with Crippen LogP contribution in [0.3, 0.4) is 0 Å². The zero-order valence-corrected chi connectivity index (χ0v) is 12.8. The Morgan fingerprint density at radius 3 is 2.71 bits per heavy atom. The van der Waals surface area contributed by atoms with Gasteiger partial charge in [-0.2, -0.15) is 0 Å². The average Bonchev–Trinajstić information content (AvgIpc) is 2.65. The predicted octanol–water partition coefficient (Wildman–Crippen LogP) is 4.37. The van der Waals surface area contributed by atoms with Crippen LogP contribution in [-0.2, 0) is 0 Å². The second kappa shape index (κ2) is 4.77. The van der Waals surface area contributed by atoms with E-state index >= 15 is 0 Å². The van der Waals surface area contributed by atoms with E-state index in [-0.39, 0.29) is 0 Å². The molecule has 0 N–H and O–H groups in total. The smallest absolute Gasteiger partial charge is 0.147 e. The zero-order valence-electron chi connectivity index (χ0n) is 10.5. The van der Waals surface area contributed by atoms with Crippen LogP contribution in [0.25, 0.3) is 0 Å². The van der Waals surface area contributed by atoms with Gasteiger partial charge in [-0.15, -0.1) is 0 Å². The van der Waals surface area contributed by atoms with Gasteiger partial charge >= 0.3 is 0 Å². The third kappa shape index (κ3) is 2.94. The first-order valence-corrected chi connectivity index (χ1v) is 7.11. The molecule has 94 valence electrons. The summed E-state index contributed by atoms with van der Waals surface area (Å²) in [5.41, 5.74) is 0.358. The first-order chi connectivity index (χ1) is 7.88. The summed E-state index contributed by atoms with van der Waals surface area (Å²) < 4.78 is 0.929. The second-order valence-corrected chi connectivity index (χ2v) is 7.08. The molecule has 2 nitrogen and oxygen atoms in total. The van der Waals surface area contributed by atoms with Crippen LogP contribution in [0, 0.1) is 11.3 Å². The molecule has 0 spiro atoms. The fourth-order valence-electron chi connectivity index (χ4n) is 2.30. The van der Waals surface area contributed by atoms with E-state index in [1.54, 1.807) is 0 Å². The van der Waals surface area contributed by atoms with Crippen molar-refractivity contribution in [3.63, 3.8) is 0 Å². The van der Waals surface area contributed by atoms with Crippen LogP contribution in [0.5, 0.6) is 0 Å². The fourth-order valence-corrected chi connectivity index (χ4v) is 3.05. The third-order valence-electron chi connectivity index (χ3n) is 3.50. The van der Waals surface area contributed by atoms with E-state index in [0.29, 0.717) is 11.3 Å². The highest BCUT2D eigenvalue weighted by Crippen LogP contribution is 2.37. The van der Waals surface area contributed by atoms with Crippen molar-refractivity contribution in [3.05, 3.63) is 21.8 Å². The van der Waals surface area contributed by atoms with E-state index in [0.717, 1.165) is 28.4 Å². The first-order valence-electron chi connectivity index (χ1n) is 5.94. The monoisotopic (exact) mass is 316 g/mol. The third-order valence-corrected chi connectivity index (χ3v) is 4.21. The molecule has 2 heterocycles. The van der Waals surface area contributed by atoms with Gasteiger partial charge in [-0.05, 0) is 39.8 Å². The molecule has 0 radical (unpaired) electrons. The predicted molar refractivity (Wildman–Crippen MR) is 76.7 cm³/mol. The summed E-state index contributed by atoms with van der Waals surface area (Å²) in [6.07, 6.45) is 3.03. The molecular weight excluding hydrogens is 300 g/mol. The molecule has 0 aliphatic carbocycles. The summed E-state index contributed by atoms with van der Waals surface area (Å²) in [5, 5.41) is 0.730. The molecule has 0 amide bonds. The molecule has 1 aromatic rings. The van der Waals surface area contributed by atoms with Gasteiger partial charge in [0.1, 0.15) is 5.82 Å². The van der Waals surface area contributed by atoms with Crippen molar-refractivity contribution in [2.75, 3.05) is 18.0 Å². The molecule has 1 aliphatic heterocycles. The Balaban J connectivity index is 2.15. The van der Waals surface area contributed by atoms with Gasteiger partial charge in [0.2, 0.25) is 0 Å². The Kier molecular flexibility index (Phi) is 3.69. The van der Waals surface area contributed by atoms with Crippen LogP contribution in [0.1, 0.15) is 27.2 Å². The molecule has 0 bridgehead atoms. The maximum atomic E-state index is 6.24. The van der Waals surface area contributed by atoms with E-state index in [1.807, 2.05) is 12.3 Å². The largest absolute Gasteiger partial charge is 0.355 e. The maximum Gasteiger partial charge on any atom is 0.147 e. The van der Waals surface area contributed by atoms with Gasteiger partial charge in [0, 0.05) is 23.8 Å². The summed E-state index contributed by atoms with van der Waals surface area (Å²) >= 11 is 9.62. The van der Waals surface area contributed by atoms with Crippen LogP contribution >= 0.6 is 27.5 Å². The van der Waals surface area contributed by atoms with Crippen molar-refractivity contribution in [1.82, 2.24) is 4.98 Å². The molecule has 17 heavy (non-hydrogen) atoms. The number of anilines is 1. The summed E-state index contributed by atoms with van der Waals surface area (Å²) in [4.78, 5) is 6.72. The van der Waals surface area contributed by atoms with Gasteiger partial charge in [0.15, 0.2) is 0 Å². The highest BCUT2D eigenvalue weighted by Gasteiger charge is 2.32. The van der Waals surface area contributed by atoms with Crippen LogP contribution in [0.15, 0.2) is 16.7 Å². The Morgan fingerprint density at radius 1 is 1.47 bits per heavy atom. The lowest BCUT2D eigenvalue weighted by Gasteiger charge is -2.27. The highest BCUT2D eigenvalue weighted by atomic mass is 79.9. The van der Waals surface area contributed by atoms with E-state index in [1.165, 1.54) is 6.42 Å². The van der Waals surface area contributed by atoms with Crippen LogP contribution in [-0.4, -0.2) is 18.1 Å². The minimum Gasteiger partial charge on any atom is -0.355 e. The van der Waals surface area contributed by atoms with E-state index < -0.39 is 0 Å². The lowest BCUT2D eigenvalue weighted by Crippen LogP contribution is -2.26. The number of nitrogens with zero attached hydrogens (tertiary/aromatic N) is 2. The number of hydrogen-bond acceptors (Lipinski definition) is 2. The van der Waals surface area contributed by atoms with Crippen molar-refractivity contribution in [2.24, 2.45) is 11.3 Å². The minimum atomic E-state index is 0.358. The molecule has 0 saturated carbocycles. The lowest BCUT2D eigenvalue weighted by atomic mass is 9.80. The lowest BCUT2D eigenvalue weighted by molar-refractivity contribution is 0.263. The van der Waals surface area contributed by atoms with Crippen LogP contribution in [0.4, 0.5) is 5.82 Å². The minimum absolute atomic E-state index is 0.358. The number of hydrogen-bond donors (Lipinski definition) is 0. The standard InChI is InChI=1S/C13H18BrClN2/c1-13(2,3)9-4-5-17(8-9)12-11(15)6-10(14)7-16-12/h6-7,9H,4-5,8H2,1-3H3. The summed E-state index contributed by atoms with van der Waals surface area (Å²) in [5.74, 6) is 1.63. The van der Waals surface area contributed by atoms with Gasteiger partial charge in [-0.25, -0.2) is 4.98 Å². The number of rotatable bonds is 1. The number of pyridine rings is 1. The van der Waals surface area contributed by atoms with Gasteiger partial charge in [-0.1, -0.05) is 32.4 Å². The van der Waals surface area contributed by atoms with E-state index in [9.17, 15) is 0 Å². The second-order valence-electron chi connectivity index (χ2n) is 5.76. The van der Waals surface area contributed by atoms with E-state index in [4.69, 9.17) is 11.6 Å². The molecule has 2 rings (SSSR count). The molecule has 1 fully saturated rings. The molecule has 1 saturated heterocycles. The molecule has 0 aromatic carbocycles. The van der Waals surface area contributed by atoms with Crippen molar-refractivity contribution < 1.29 is 0 Å². The summed E-state index contributed by atoms with van der Waals surface area (Å²) in [7, 11) is 0. The molecule has 4 heteroatoms. The molecule has 1 unspecified atom stereocenters. The fraction of sp³-hybridized carbons (Fsp3) is 0.615. The topological polar surface area (TPSA) is 16.1 Å². The van der Waals surface area contributed by atoms with Crippen molar-refractivity contribution in [2.45, 2.75) is 27.2 Å². The average molecular weight is 318 g/mol. The normalized spacial score (nSPS) is 21.0. The molecule has 1 atom stereocenters. The first kappa shape index (κ1) is 13.2. The molecule has 1 aromatic heterocycles. The number of aromatic nitrogens is 1. The maximum absolute atomic E-state index is 6.24. The van der Waals surface area contributed by atoms with Gasteiger partial charge in [0.05, 0.1) is 5.02 Å². The summed E-state index contributed by atoms with van der Waals surface area (Å²) in [6, 6.07) is 1.91. The van der Waals surface area contributed by atoms with Crippen molar-refractivity contribution >= 4 is 33.3 Å².